The summed E-state index contributed by atoms with van der Waals surface area (Å²) in [6.45, 7) is 0. The molecule has 0 aliphatic carbocycles. The van der Waals surface area contributed by atoms with E-state index < -0.39 is 0 Å². The van der Waals surface area contributed by atoms with E-state index in [-0.39, 0.29) is 0 Å². The molecule has 0 fully saturated rings. The molecule has 1 aromatic carbocycles. The number of hydrogen-bond acceptors (Lipinski definition) is 4. The molecular formula is C10H10N4S2. The van der Waals surface area contributed by atoms with Crippen LogP contribution in [0.1, 0.15) is 0 Å². The van der Waals surface area contributed by atoms with Crippen molar-refractivity contribution in [2.75, 3.05) is 5.32 Å². The summed E-state index contributed by atoms with van der Waals surface area (Å²) in [5.41, 5.74) is 0.974. The van der Waals surface area contributed by atoms with Crippen molar-refractivity contribution in [2.45, 2.75) is 5.16 Å². The summed E-state index contributed by atoms with van der Waals surface area (Å²) in [4.78, 5) is 0. The van der Waals surface area contributed by atoms with Crippen LogP contribution in [0, 0.1) is 0 Å². The Morgan fingerprint density at radius 3 is 2.75 bits per heavy atom. The topological polar surface area (TPSA) is 42.7 Å². The smallest absolute Gasteiger partial charge is 0.197 e. The number of anilines is 1. The highest BCUT2D eigenvalue weighted by Crippen LogP contribution is 2.17. The molecule has 0 saturated carbocycles. The molecule has 6 heteroatoms. The Labute approximate surface area is 103 Å². The van der Waals surface area contributed by atoms with Crippen molar-refractivity contribution in [1.29, 1.82) is 0 Å². The Bertz CT molecular complexity index is 481. The number of hydrogen-bond donors (Lipinski definition) is 1. The van der Waals surface area contributed by atoms with Crippen LogP contribution in [0.3, 0.4) is 0 Å². The van der Waals surface area contributed by atoms with Crippen molar-refractivity contribution in [3.05, 3.63) is 36.7 Å². The fourth-order valence-electron chi connectivity index (χ4n) is 1.11. The van der Waals surface area contributed by atoms with Gasteiger partial charge in [0.25, 0.3) is 0 Å². The number of thiocarbonyl (C=S) groups is 1. The number of aryl methyl sites for hydroxylation is 1. The molecule has 1 aromatic heterocycles. The van der Waals surface area contributed by atoms with E-state index in [1.807, 2.05) is 41.9 Å². The van der Waals surface area contributed by atoms with Gasteiger partial charge in [0.15, 0.2) is 5.16 Å². The zero-order valence-electron chi connectivity index (χ0n) is 8.62. The molecule has 16 heavy (non-hydrogen) atoms. The zero-order chi connectivity index (χ0) is 11.4. The SMILES string of the molecule is Cn1cnnc1SC(=S)Nc1ccccc1. The first-order chi connectivity index (χ1) is 7.75. The van der Waals surface area contributed by atoms with Crippen molar-refractivity contribution in [3.63, 3.8) is 0 Å². The predicted octanol–water partition coefficient (Wildman–Crippen LogP) is 2.30. The van der Waals surface area contributed by atoms with Gasteiger partial charge in [-0.1, -0.05) is 30.4 Å². The van der Waals surface area contributed by atoms with Crippen LogP contribution in [0.25, 0.3) is 0 Å². The monoisotopic (exact) mass is 250 g/mol. The lowest BCUT2D eigenvalue weighted by molar-refractivity contribution is 0.791. The number of nitrogens with zero attached hydrogens (tertiary/aromatic N) is 3. The minimum absolute atomic E-state index is 0.655. The molecule has 2 rings (SSSR count). The second-order valence-electron chi connectivity index (χ2n) is 3.10. The minimum Gasteiger partial charge on any atom is -0.341 e. The highest BCUT2D eigenvalue weighted by molar-refractivity contribution is 8.23. The quantitative estimate of drug-likeness (QED) is 0.654. The van der Waals surface area contributed by atoms with Crippen molar-refractivity contribution in [3.8, 4) is 0 Å². The molecule has 0 spiro atoms. The fourth-order valence-corrected chi connectivity index (χ4v) is 2.07. The summed E-state index contributed by atoms with van der Waals surface area (Å²) in [5.74, 6) is 0. The van der Waals surface area contributed by atoms with Crippen LogP contribution >= 0.6 is 24.0 Å². The summed E-state index contributed by atoms with van der Waals surface area (Å²) >= 11 is 6.60. The summed E-state index contributed by atoms with van der Waals surface area (Å²) in [5, 5.41) is 11.6. The molecule has 0 radical (unpaired) electrons. The Morgan fingerprint density at radius 2 is 2.12 bits per heavy atom. The summed E-state index contributed by atoms with van der Waals surface area (Å²) in [7, 11) is 1.88. The van der Waals surface area contributed by atoms with Gasteiger partial charge in [0.2, 0.25) is 0 Å². The van der Waals surface area contributed by atoms with Gasteiger partial charge in [-0.2, -0.15) is 0 Å². The first-order valence-electron chi connectivity index (χ1n) is 4.63. The first-order valence-corrected chi connectivity index (χ1v) is 5.86. The van der Waals surface area contributed by atoms with E-state index in [2.05, 4.69) is 15.5 Å². The molecule has 0 bridgehead atoms. The number of rotatable bonds is 2. The van der Waals surface area contributed by atoms with Gasteiger partial charge in [-0.25, -0.2) is 0 Å². The molecule has 4 nitrogen and oxygen atoms in total. The van der Waals surface area contributed by atoms with E-state index in [1.165, 1.54) is 11.8 Å². The number of thioether (sulfide) groups is 1. The molecule has 2 aromatic rings. The van der Waals surface area contributed by atoms with E-state index in [4.69, 9.17) is 12.2 Å². The maximum atomic E-state index is 5.21. The maximum absolute atomic E-state index is 5.21. The molecular weight excluding hydrogens is 240 g/mol. The molecule has 0 aliphatic rings. The number of para-hydroxylation sites is 1. The lowest BCUT2D eigenvalue weighted by Gasteiger charge is -2.05. The van der Waals surface area contributed by atoms with Gasteiger partial charge in [0.1, 0.15) is 10.6 Å². The molecule has 1 N–H and O–H groups in total. The summed E-state index contributed by atoms with van der Waals surface area (Å²) in [6, 6.07) is 9.80. The Morgan fingerprint density at radius 1 is 1.38 bits per heavy atom. The average Bonchev–Trinajstić information content (AvgIpc) is 2.66. The predicted molar refractivity (Wildman–Crippen MR) is 69.5 cm³/mol. The molecule has 1 heterocycles. The van der Waals surface area contributed by atoms with Gasteiger partial charge >= 0.3 is 0 Å². The maximum Gasteiger partial charge on any atom is 0.197 e. The first kappa shape index (κ1) is 11.1. The molecule has 0 atom stereocenters. The lowest BCUT2D eigenvalue weighted by atomic mass is 10.3. The normalized spacial score (nSPS) is 10.1. The van der Waals surface area contributed by atoms with Crippen molar-refractivity contribution < 1.29 is 0 Å². The van der Waals surface area contributed by atoms with Crippen LogP contribution in [0.4, 0.5) is 5.69 Å². The highest BCUT2D eigenvalue weighted by Gasteiger charge is 2.05. The van der Waals surface area contributed by atoms with Gasteiger partial charge < -0.3 is 9.88 Å². The highest BCUT2D eigenvalue weighted by atomic mass is 32.2. The molecule has 0 saturated heterocycles. The Hall–Kier alpha value is -1.40. The summed E-state index contributed by atoms with van der Waals surface area (Å²) < 4.78 is 2.48. The second-order valence-corrected chi connectivity index (χ2v) is 4.75. The van der Waals surface area contributed by atoms with Crippen LogP contribution in [-0.2, 0) is 7.05 Å². The van der Waals surface area contributed by atoms with Gasteiger partial charge in [-0.05, 0) is 23.9 Å². The lowest BCUT2D eigenvalue weighted by Crippen LogP contribution is -2.05. The van der Waals surface area contributed by atoms with Crippen molar-refractivity contribution in [2.24, 2.45) is 7.05 Å². The van der Waals surface area contributed by atoms with Gasteiger partial charge in [0, 0.05) is 12.7 Å². The van der Waals surface area contributed by atoms with Crippen LogP contribution in [0.15, 0.2) is 41.8 Å². The van der Waals surface area contributed by atoms with E-state index in [1.54, 1.807) is 6.33 Å². The second kappa shape index (κ2) is 5.09. The molecule has 0 aliphatic heterocycles. The fraction of sp³-hybridized carbons (Fsp3) is 0.100. The largest absolute Gasteiger partial charge is 0.341 e. The van der Waals surface area contributed by atoms with Crippen molar-refractivity contribution >= 4 is 34.0 Å². The molecule has 0 amide bonds. The van der Waals surface area contributed by atoms with Gasteiger partial charge in [-0.15, -0.1) is 10.2 Å². The Kier molecular flexibility index (Phi) is 3.53. The standard InChI is InChI=1S/C10H10N4S2/c1-14-7-11-13-9(14)16-10(15)12-8-5-3-2-4-6-8/h2-7H,1H3,(H,12,15). The number of benzene rings is 1. The molecule has 82 valence electrons. The van der Waals surface area contributed by atoms with E-state index >= 15 is 0 Å². The van der Waals surface area contributed by atoms with Crippen LogP contribution in [0.2, 0.25) is 0 Å². The Balaban J connectivity index is 1.98. The van der Waals surface area contributed by atoms with Crippen molar-refractivity contribution in [1.82, 2.24) is 14.8 Å². The van der Waals surface area contributed by atoms with E-state index in [9.17, 15) is 0 Å². The number of aromatic nitrogens is 3. The van der Waals surface area contributed by atoms with Crippen LogP contribution in [0.5, 0.6) is 0 Å². The number of nitrogens with one attached hydrogen (secondary N) is 1. The minimum atomic E-state index is 0.655. The zero-order valence-corrected chi connectivity index (χ0v) is 10.3. The third kappa shape index (κ3) is 2.80. The average molecular weight is 250 g/mol. The van der Waals surface area contributed by atoms with Crippen LogP contribution < -0.4 is 5.32 Å². The van der Waals surface area contributed by atoms with Crippen LogP contribution in [-0.4, -0.2) is 19.1 Å². The summed E-state index contributed by atoms with van der Waals surface area (Å²) in [6.07, 6.45) is 1.65. The van der Waals surface area contributed by atoms with Gasteiger partial charge in [0.05, 0.1) is 0 Å². The molecule has 0 unspecified atom stereocenters. The third-order valence-electron chi connectivity index (χ3n) is 1.87. The van der Waals surface area contributed by atoms with E-state index in [0.717, 1.165) is 10.8 Å². The van der Waals surface area contributed by atoms with E-state index in [0.29, 0.717) is 4.32 Å². The third-order valence-corrected chi connectivity index (χ3v) is 3.07. The van der Waals surface area contributed by atoms with Gasteiger partial charge in [-0.3, -0.25) is 0 Å².